The van der Waals surface area contributed by atoms with Crippen LogP contribution in [0.1, 0.15) is 33.1 Å². The van der Waals surface area contributed by atoms with Crippen LogP contribution in [0.4, 0.5) is 0 Å². The summed E-state index contributed by atoms with van der Waals surface area (Å²) in [5.74, 6) is 4.21. The van der Waals surface area contributed by atoms with Gasteiger partial charge in [0, 0.05) is 12.3 Å². The van der Waals surface area contributed by atoms with Crippen molar-refractivity contribution < 1.29 is 9.90 Å². The number of rotatable bonds is 3. The van der Waals surface area contributed by atoms with E-state index < -0.39 is 5.97 Å². The SMILES string of the molecule is CCC[C@@H](C)CC#CC(=O)O. The van der Waals surface area contributed by atoms with Crippen LogP contribution in [0.2, 0.25) is 0 Å². The summed E-state index contributed by atoms with van der Waals surface area (Å²) in [5.41, 5.74) is 0. The monoisotopic (exact) mass is 154 g/mol. The van der Waals surface area contributed by atoms with Crippen LogP contribution in [0.15, 0.2) is 0 Å². The molecule has 62 valence electrons. The second-order valence-electron chi connectivity index (χ2n) is 2.70. The summed E-state index contributed by atoms with van der Waals surface area (Å²) >= 11 is 0. The standard InChI is InChI=1S/C9H14O2/c1-3-5-8(2)6-4-7-9(10)11/h8H,3,5-6H2,1-2H3,(H,10,11)/t8-/m1/s1. The average molecular weight is 154 g/mol. The predicted molar refractivity (Wildman–Crippen MR) is 44.1 cm³/mol. The van der Waals surface area contributed by atoms with Crippen LogP contribution in [0, 0.1) is 17.8 Å². The molecule has 1 atom stereocenters. The number of carboxylic acid groups (broad SMARTS) is 1. The minimum absolute atomic E-state index is 0.520. The number of hydrogen-bond donors (Lipinski definition) is 1. The first-order valence-corrected chi connectivity index (χ1v) is 3.88. The molecule has 0 aliphatic rings. The van der Waals surface area contributed by atoms with E-state index in [1.54, 1.807) is 0 Å². The van der Waals surface area contributed by atoms with Gasteiger partial charge in [-0.15, -0.1) is 0 Å². The Labute approximate surface area is 67.6 Å². The zero-order valence-corrected chi connectivity index (χ0v) is 7.05. The van der Waals surface area contributed by atoms with Crippen molar-refractivity contribution in [3.63, 3.8) is 0 Å². The molecule has 0 aromatic heterocycles. The fourth-order valence-corrected chi connectivity index (χ4v) is 0.896. The van der Waals surface area contributed by atoms with E-state index in [-0.39, 0.29) is 0 Å². The summed E-state index contributed by atoms with van der Waals surface area (Å²) < 4.78 is 0. The molecule has 0 spiro atoms. The molecule has 2 nitrogen and oxygen atoms in total. The Kier molecular flexibility index (Phi) is 5.28. The molecule has 0 rings (SSSR count). The van der Waals surface area contributed by atoms with Crippen molar-refractivity contribution >= 4 is 5.97 Å². The van der Waals surface area contributed by atoms with Gasteiger partial charge in [0.25, 0.3) is 0 Å². The predicted octanol–water partition coefficient (Wildman–Crippen LogP) is 1.90. The van der Waals surface area contributed by atoms with Crippen molar-refractivity contribution in [1.29, 1.82) is 0 Å². The summed E-state index contributed by atoms with van der Waals surface area (Å²) in [6, 6.07) is 0. The lowest BCUT2D eigenvalue weighted by Crippen LogP contribution is -1.92. The van der Waals surface area contributed by atoms with Gasteiger partial charge in [0.2, 0.25) is 0 Å². The molecule has 0 amide bonds. The maximum absolute atomic E-state index is 9.97. The third kappa shape index (κ3) is 6.92. The summed E-state index contributed by atoms with van der Waals surface area (Å²) in [6.07, 6.45) is 2.95. The van der Waals surface area contributed by atoms with E-state index in [2.05, 4.69) is 25.7 Å². The third-order valence-corrected chi connectivity index (χ3v) is 1.43. The van der Waals surface area contributed by atoms with E-state index in [1.165, 1.54) is 0 Å². The first-order valence-electron chi connectivity index (χ1n) is 3.88. The summed E-state index contributed by atoms with van der Waals surface area (Å²) in [7, 11) is 0. The van der Waals surface area contributed by atoms with Crippen LogP contribution in [0.5, 0.6) is 0 Å². The van der Waals surface area contributed by atoms with Gasteiger partial charge in [-0.05, 0) is 5.92 Å². The van der Waals surface area contributed by atoms with Crippen molar-refractivity contribution in [2.45, 2.75) is 33.1 Å². The first-order chi connectivity index (χ1) is 5.16. The fourth-order valence-electron chi connectivity index (χ4n) is 0.896. The highest BCUT2D eigenvalue weighted by Gasteiger charge is 1.96. The molecular formula is C9H14O2. The molecule has 0 radical (unpaired) electrons. The Bertz CT molecular complexity index is 174. The van der Waals surface area contributed by atoms with Crippen LogP contribution >= 0.6 is 0 Å². The molecule has 0 aromatic carbocycles. The van der Waals surface area contributed by atoms with Crippen LogP contribution in [-0.4, -0.2) is 11.1 Å². The lowest BCUT2D eigenvalue weighted by molar-refractivity contribution is -0.130. The average Bonchev–Trinajstić information content (AvgIpc) is 1.87. The van der Waals surface area contributed by atoms with Gasteiger partial charge >= 0.3 is 5.97 Å². The second kappa shape index (κ2) is 5.79. The normalized spacial score (nSPS) is 11.5. The summed E-state index contributed by atoms with van der Waals surface area (Å²) in [5, 5.41) is 8.18. The first kappa shape index (κ1) is 10.0. The molecule has 0 unspecified atom stereocenters. The Morgan fingerprint density at radius 2 is 2.27 bits per heavy atom. The fraction of sp³-hybridized carbons (Fsp3) is 0.667. The largest absolute Gasteiger partial charge is 0.472 e. The molecule has 0 bridgehead atoms. The molecule has 0 aliphatic heterocycles. The van der Waals surface area contributed by atoms with Gasteiger partial charge in [-0.1, -0.05) is 32.6 Å². The lowest BCUT2D eigenvalue weighted by atomic mass is 10.0. The van der Waals surface area contributed by atoms with Gasteiger partial charge in [0.15, 0.2) is 0 Å². The maximum atomic E-state index is 9.97. The van der Waals surface area contributed by atoms with Gasteiger partial charge in [-0.2, -0.15) is 0 Å². The molecule has 0 fully saturated rings. The Hall–Kier alpha value is -0.970. The van der Waals surface area contributed by atoms with Crippen molar-refractivity contribution in [2.24, 2.45) is 5.92 Å². The minimum atomic E-state index is -1.03. The van der Waals surface area contributed by atoms with Crippen molar-refractivity contribution in [3.8, 4) is 11.8 Å². The minimum Gasteiger partial charge on any atom is -0.472 e. The van der Waals surface area contributed by atoms with Gasteiger partial charge in [0.05, 0.1) is 0 Å². The number of carbonyl (C=O) groups is 1. The summed E-state index contributed by atoms with van der Waals surface area (Å²) in [4.78, 5) is 9.97. The van der Waals surface area contributed by atoms with Gasteiger partial charge < -0.3 is 5.11 Å². The topological polar surface area (TPSA) is 37.3 Å². The Balaban J connectivity index is 3.54. The second-order valence-corrected chi connectivity index (χ2v) is 2.70. The zero-order chi connectivity index (χ0) is 8.69. The highest BCUT2D eigenvalue weighted by molar-refractivity contribution is 5.86. The number of hydrogen-bond acceptors (Lipinski definition) is 1. The molecule has 2 heteroatoms. The molecule has 11 heavy (non-hydrogen) atoms. The van der Waals surface area contributed by atoms with Crippen LogP contribution < -0.4 is 0 Å². The molecule has 1 N–H and O–H groups in total. The van der Waals surface area contributed by atoms with E-state index in [4.69, 9.17) is 5.11 Å². The van der Waals surface area contributed by atoms with E-state index >= 15 is 0 Å². The Morgan fingerprint density at radius 1 is 1.64 bits per heavy atom. The smallest absolute Gasteiger partial charge is 0.381 e. The van der Waals surface area contributed by atoms with Crippen LogP contribution in [0.3, 0.4) is 0 Å². The van der Waals surface area contributed by atoms with Gasteiger partial charge in [-0.25, -0.2) is 4.79 Å². The summed E-state index contributed by atoms with van der Waals surface area (Å²) in [6.45, 7) is 4.20. The van der Waals surface area contributed by atoms with Crippen molar-refractivity contribution in [2.75, 3.05) is 0 Å². The molecule has 0 aliphatic carbocycles. The van der Waals surface area contributed by atoms with Gasteiger partial charge in [0.1, 0.15) is 0 Å². The number of carboxylic acids is 1. The van der Waals surface area contributed by atoms with Crippen molar-refractivity contribution in [3.05, 3.63) is 0 Å². The van der Waals surface area contributed by atoms with E-state index in [0.717, 1.165) is 12.8 Å². The van der Waals surface area contributed by atoms with Crippen molar-refractivity contribution in [1.82, 2.24) is 0 Å². The van der Waals surface area contributed by atoms with E-state index in [0.29, 0.717) is 12.3 Å². The third-order valence-electron chi connectivity index (χ3n) is 1.43. The van der Waals surface area contributed by atoms with Gasteiger partial charge in [-0.3, -0.25) is 0 Å². The molecule has 0 heterocycles. The highest BCUT2D eigenvalue weighted by atomic mass is 16.4. The van der Waals surface area contributed by atoms with Crippen LogP contribution in [0.25, 0.3) is 0 Å². The quantitative estimate of drug-likeness (QED) is 0.630. The molecule has 0 saturated carbocycles. The maximum Gasteiger partial charge on any atom is 0.381 e. The Morgan fingerprint density at radius 3 is 2.73 bits per heavy atom. The number of aliphatic carboxylic acids is 1. The molecule has 0 saturated heterocycles. The van der Waals surface area contributed by atoms with E-state index in [9.17, 15) is 4.79 Å². The highest BCUT2D eigenvalue weighted by Crippen LogP contribution is 2.07. The molecular weight excluding hydrogens is 140 g/mol. The molecule has 0 aromatic rings. The van der Waals surface area contributed by atoms with E-state index in [1.807, 2.05) is 0 Å². The van der Waals surface area contributed by atoms with Crippen LogP contribution in [-0.2, 0) is 4.79 Å². The lowest BCUT2D eigenvalue weighted by Gasteiger charge is -2.02. The zero-order valence-electron chi connectivity index (χ0n) is 7.05.